The van der Waals surface area contributed by atoms with Crippen molar-refractivity contribution in [3.8, 4) is 6.07 Å². The molecule has 1 unspecified atom stereocenters. The van der Waals surface area contributed by atoms with Crippen LogP contribution in [-0.4, -0.2) is 16.2 Å². The summed E-state index contributed by atoms with van der Waals surface area (Å²) >= 11 is 0. The number of aromatic nitrogens is 2. The molecule has 0 saturated carbocycles. The van der Waals surface area contributed by atoms with E-state index in [0.29, 0.717) is 6.42 Å². The van der Waals surface area contributed by atoms with Gasteiger partial charge in [-0.2, -0.15) is 10.4 Å². The van der Waals surface area contributed by atoms with E-state index in [4.69, 9.17) is 5.26 Å². The highest BCUT2D eigenvalue weighted by Crippen LogP contribution is 2.04. The standard InChI is InChI=1S/C10H16N4/c1-3-10(4-5-11)12-6-9-7-13-14-8(9)2/h7,10,12H,3-4,6H2,1-2H3,(H,13,14). The van der Waals surface area contributed by atoms with Gasteiger partial charge in [-0.25, -0.2) is 0 Å². The van der Waals surface area contributed by atoms with Gasteiger partial charge in [-0.1, -0.05) is 6.92 Å². The van der Waals surface area contributed by atoms with Crippen molar-refractivity contribution in [1.29, 1.82) is 5.26 Å². The van der Waals surface area contributed by atoms with E-state index in [-0.39, 0.29) is 6.04 Å². The quantitative estimate of drug-likeness (QED) is 0.743. The zero-order valence-corrected chi connectivity index (χ0v) is 8.67. The van der Waals surface area contributed by atoms with Crippen LogP contribution in [0.4, 0.5) is 0 Å². The van der Waals surface area contributed by atoms with Crippen LogP contribution in [0, 0.1) is 18.3 Å². The molecule has 1 heterocycles. The van der Waals surface area contributed by atoms with E-state index in [2.05, 4.69) is 28.5 Å². The number of H-pyrrole nitrogens is 1. The molecule has 1 aromatic heterocycles. The second kappa shape index (κ2) is 5.40. The summed E-state index contributed by atoms with van der Waals surface area (Å²) in [6.07, 6.45) is 3.36. The maximum Gasteiger partial charge on any atom is 0.0638 e. The minimum Gasteiger partial charge on any atom is -0.309 e. The average molecular weight is 192 g/mol. The number of nitrogens with zero attached hydrogens (tertiary/aromatic N) is 2. The minimum atomic E-state index is 0.286. The molecule has 0 saturated heterocycles. The van der Waals surface area contributed by atoms with Gasteiger partial charge in [0.2, 0.25) is 0 Å². The van der Waals surface area contributed by atoms with Crippen molar-refractivity contribution in [3.05, 3.63) is 17.5 Å². The van der Waals surface area contributed by atoms with Crippen molar-refractivity contribution >= 4 is 0 Å². The van der Waals surface area contributed by atoms with Gasteiger partial charge in [0.05, 0.1) is 18.7 Å². The molecule has 2 N–H and O–H groups in total. The van der Waals surface area contributed by atoms with Crippen LogP contribution in [0.5, 0.6) is 0 Å². The molecule has 1 aromatic rings. The monoisotopic (exact) mass is 192 g/mol. The number of aromatic amines is 1. The van der Waals surface area contributed by atoms with Gasteiger partial charge in [0.1, 0.15) is 0 Å². The Labute approximate surface area is 84.3 Å². The highest BCUT2D eigenvalue weighted by Gasteiger charge is 2.06. The van der Waals surface area contributed by atoms with Gasteiger partial charge in [-0.15, -0.1) is 0 Å². The Morgan fingerprint density at radius 2 is 2.50 bits per heavy atom. The molecule has 1 atom stereocenters. The number of nitriles is 1. The first-order valence-corrected chi connectivity index (χ1v) is 4.87. The zero-order valence-electron chi connectivity index (χ0n) is 8.67. The van der Waals surface area contributed by atoms with Crippen molar-refractivity contribution in [2.75, 3.05) is 0 Å². The summed E-state index contributed by atoms with van der Waals surface area (Å²) in [5.74, 6) is 0. The van der Waals surface area contributed by atoms with Crippen LogP contribution in [0.1, 0.15) is 31.0 Å². The molecule has 0 radical (unpaired) electrons. The third-order valence-electron chi connectivity index (χ3n) is 2.35. The van der Waals surface area contributed by atoms with Gasteiger partial charge in [-0.05, 0) is 13.3 Å². The summed E-state index contributed by atoms with van der Waals surface area (Å²) in [7, 11) is 0. The van der Waals surface area contributed by atoms with Gasteiger partial charge >= 0.3 is 0 Å². The lowest BCUT2D eigenvalue weighted by molar-refractivity contribution is 0.504. The van der Waals surface area contributed by atoms with Gasteiger partial charge in [-0.3, -0.25) is 5.10 Å². The van der Waals surface area contributed by atoms with Gasteiger partial charge < -0.3 is 5.32 Å². The summed E-state index contributed by atoms with van der Waals surface area (Å²) in [6, 6.07) is 2.46. The van der Waals surface area contributed by atoms with E-state index in [1.807, 2.05) is 13.1 Å². The molecule has 0 bridgehead atoms. The maximum absolute atomic E-state index is 8.57. The Kier molecular flexibility index (Phi) is 4.14. The molecule has 0 aromatic carbocycles. The van der Waals surface area contributed by atoms with E-state index in [0.717, 1.165) is 18.7 Å². The molecule has 14 heavy (non-hydrogen) atoms. The number of hydrogen-bond acceptors (Lipinski definition) is 3. The topological polar surface area (TPSA) is 64.5 Å². The van der Waals surface area contributed by atoms with Crippen molar-refractivity contribution in [2.45, 2.75) is 39.3 Å². The Morgan fingerprint density at radius 1 is 1.71 bits per heavy atom. The summed E-state index contributed by atoms with van der Waals surface area (Å²) in [4.78, 5) is 0. The molecule has 1 rings (SSSR count). The highest BCUT2D eigenvalue weighted by atomic mass is 15.1. The first-order chi connectivity index (χ1) is 6.77. The number of hydrogen-bond donors (Lipinski definition) is 2. The van der Waals surface area contributed by atoms with Crippen molar-refractivity contribution in [1.82, 2.24) is 15.5 Å². The molecule has 0 fully saturated rings. The average Bonchev–Trinajstić information content (AvgIpc) is 2.59. The summed E-state index contributed by atoms with van der Waals surface area (Å²) < 4.78 is 0. The third kappa shape index (κ3) is 2.86. The smallest absolute Gasteiger partial charge is 0.0638 e. The van der Waals surface area contributed by atoms with Crippen LogP contribution in [0.3, 0.4) is 0 Å². The Bertz CT molecular complexity index is 310. The normalized spacial score (nSPS) is 12.4. The highest BCUT2D eigenvalue weighted by molar-refractivity contribution is 5.13. The predicted molar refractivity (Wildman–Crippen MR) is 54.5 cm³/mol. The zero-order chi connectivity index (χ0) is 10.4. The van der Waals surface area contributed by atoms with Gasteiger partial charge in [0.15, 0.2) is 0 Å². The van der Waals surface area contributed by atoms with E-state index in [1.54, 1.807) is 0 Å². The van der Waals surface area contributed by atoms with Crippen LogP contribution in [0.25, 0.3) is 0 Å². The lowest BCUT2D eigenvalue weighted by Gasteiger charge is -2.12. The Hall–Kier alpha value is -1.34. The van der Waals surface area contributed by atoms with Crippen LogP contribution >= 0.6 is 0 Å². The number of aryl methyl sites for hydroxylation is 1. The van der Waals surface area contributed by atoms with Crippen molar-refractivity contribution in [3.63, 3.8) is 0 Å². The first-order valence-electron chi connectivity index (χ1n) is 4.87. The molecule has 0 amide bonds. The van der Waals surface area contributed by atoms with Crippen LogP contribution in [-0.2, 0) is 6.54 Å². The van der Waals surface area contributed by atoms with Crippen molar-refractivity contribution in [2.24, 2.45) is 0 Å². The largest absolute Gasteiger partial charge is 0.309 e. The van der Waals surface area contributed by atoms with E-state index in [9.17, 15) is 0 Å². The summed E-state index contributed by atoms with van der Waals surface area (Å²) in [6.45, 7) is 4.86. The second-order valence-corrected chi connectivity index (χ2v) is 3.37. The minimum absolute atomic E-state index is 0.286. The number of rotatable bonds is 5. The molecule has 76 valence electrons. The molecular weight excluding hydrogens is 176 g/mol. The van der Waals surface area contributed by atoms with Gasteiger partial charge in [0, 0.05) is 23.8 Å². The molecule has 4 nitrogen and oxygen atoms in total. The summed E-state index contributed by atoms with van der Waals surface area (Å²) in [5.41, 5.74) is 2.26. The molecule has 4 heteroatoms. The fourth-order valence-corrected chi connectivity index (χ4v) is 1.28. The van der Waals surface area contributed by atoms with Crippen LogP contribution < -0.4 is 5.32 Å². The van der Waals surface area contributed by atoms with Crippen LogP contribution in [0.15, 0.2) is 6.20 Å². The molecule has 0 aliphatic carbocycles. The van der Waals surface area contributed by atoms with Crippen molar-refractivity contribution < 1.29 is 0 Å². The molecule has 0 spiro atoms. The maximum atomic E-state index is 8.57. The SMILES string of the molecule is CCC(CC#N)NCc1cn[nH]c1C. The number of nitrogens with one attached hydrogen (secondary N) is 2. The fraction of sp³-hybridized carbons (Fsp3) is 0.600. The Balaban J connectivity index is 2.40. The lowest BCUT2D eigenvalue weighted by atomic mass is 10.1. The van der Waals surface area contributed by atoms with Crippen LogP contribution in [0.2, 0.25) is 0 Å². The summed E-state index contributed by atoms with van der Waals surface area (Å²) in [5, 5.41) is 18.7. The first kappa shape index (κ1) is 10.7. The van der Waals surface area contributed by atoms with E-state index < -0.39 is 0 Å². The fourth-order valence-electron chi connectivity index (χ4n) is 1.28. The predicted octanol–water partition coefficient (Wildman–Crippen LogP) is 1.50. The lowest BCUT2D eigenvalue weighted by Crippen LogP contribution is -2.27. The second-order valence-electron chi connectivity index (χ2n) is 3.37. The molecular formula is C10H16N4. The third-order valence-corrected chi connectivity index (χ3v) is 2.35. The van der Waals surface area contributed by atoms with E-state index >= 15 is 0 Å². The van der Waals surface area contributed by atoms with E-state index in [1.165, 1.54) is 5.56 Å². The molecule has 0 aliphatic rings. The van der Waals surface area contributed by atoms with Gasteiger partial charge in [0.25, 0.3) is 0 Å². The Morgan fingerprint density at radius 3 is 3.00 bits per heavy atom. The molecule has 0 aliphatic heterocycles.